The van der Waals surface area contributed by atoms with Gasteiger partial charge in [-0.05, 0) is 24.3 Å². The minimum atomic E-state index is -0.951. The van der Waals surface area contributed by atoms with Crippen molar-refractivity contribution in [2.45, 2.75) is 6.54 Å². The molecule has 92 valence electrons. The molecule has 2 N–H and O–H groups in total. The summed E-state index contributed by atoms with van der Waals surface area (Å²) in [6.07, 6.45) is 2.69. The van der Waals surface area contributed by atoms with Gasteiger partial charge in [0.1, 0.15) is 0 Å². The molecule has 1 rings (SSSR count). The van der Waals surface area contributed by atoms with E-state index >= 15 is 0 Å². The molecule has 0 aromatic heterocycles. The zero-order valence-corrected chi connectivity index (χ0v) is 9.84. The molecule has 0 unspecified atom stereocenters. The van der Waals surface area contributed by atoms with Crippen molar-refractivity contribution in [2.24, 2.45) is 0 Å². The number of likely N-dealkylation sites (N-methyl/N-ethyl adjacent to an activating group) is 1. The van der Waals surface area contributed by atoms with Crippen molar-refractivity contribution in [1.29, 1.82) is 0 Å². The molecule has 0 radical (unpaired) electrons. The Bertz CT molecular complexity index is 401. The lowest BCUT2D eigenvalue weighted by atomic mass is 10.1. The Morgan fingerprint density at radius 2 is 2.24 bits per heavy atom. The molecular formula is C13H17NO3. The first-order valence-corrected chi connectivity index (χ1v) is 5.41. The van der Waals surface area contributed by atoms with Crippen LogP contribution in [0.15, 0.2) is 30.3 Å². The number of nitrogens with zero attached hydrogens (tertiary/aromatic N) is 1. The van der Waals surface area contributed by atoms with Crippen molar-refractivity contribution < 1.29 is 15.0 Å². The number of aliphatic carboxylic acids is 1. The van der Waals surface area contributed by atoms with E-state index in [0.717, 1.165) is 23.7 Å². The standard InChI is InChI=1S/C13H17NO3/c1-14(7-8-15)10-12-4-2-3-11(9-12)5-6-13(16)17/h2-6,9,15H,7-8,10H2,1H3,(H,16,17)/b6-5+. The summed E-state index contributed by atoms with van der Waals surface area (Å²) in [4.78, 5) is 12.4. The third-order valence-electron chi connectivity index (χ3n) is 2.30. The van der Waals surface area contributed by atoms with E-state index < -0.39 is 5.97 Å². The van der Waals surface area contributed by atoms with Gasteiger partial charge in [-0.1, -0.05) is 24.3 Å². The highest BCUT2D eigenvalue weighted by molar-refractivity contribution is 5.85. The molecule has 0 heterocycles. The van der Waals surface area contributed by atoms with Crippen molar-refractivity contribution in [1.82, 2.24) is 4.90 Å². The Hall–Kier alpha value is -1.65. The van der Waals surface area contributed by atoms with E-state index in [2.05, 4.69) is 0 Å². The normalized spacial score (nSPS) is 11.2. The van der Waals surface area contributed by atoms with Gasteiger partial charge in [0, 0.05) is 19.2 Å². The van der Waals surface area contributed by atoms with Crippen LogP contribution < -0.4 is 0 Å². The second kappa shape index (κ2) is 6.83. The van der Waals surface area contributed by atoms with E-state index in [1.54, 1.807) is 6.08 Å². The van der Waals surface area contributed by atoms with Gasteiger partial charge in [0.25, 0.3) is 0 Å². The van der Waals surface area contributed by atoms with E-state index in [1.807, 2.05) is 36.2 Å². The zero-order valence-electron chi connectivity index (χ0n) is 9.84. The van der Waals surface area contributed by atoms with Gasteiger partial charge < -0.3 is 10.2 Å². The van der Waals surface area contributed by atoms with Crippen LogP contribution in [-0.2, 0) is 11.3 Å². The lowest BCUT2D eigenvalue weighted by Gasteiger charge is -2.15. The Morgan fingerprint density at radius 3 is 2.88 bits per heavy atom. The third-order valence-corrected chi connectivity index (χ3v) is 2.30. The average molecular weight is 235 g/mol. The van der Waals surface area contributed by atoms with E-state index in [1.165, 1.54) is 0 Å². The molecule has 0 spiro atoms. The first kappa shape index (κ1) is 13.4. The molecule has 0 aliphatic carbocycles. The fourth-order valence-electron chi connectivity index (χ4n) is 1.52. The number of hydrogen-bond acceptors (Lipinski definition) is 3. The molecule has 0 atom stereocenters. The molecule has 1 aromatic rings. The van der Waals surface area contributed by atoms with Crippen LogP contribution in [0, 0.1) is 0 Å². The number of carbonyl (C=O) groups is 1. The summed E-state index contributed by atoms with van der Waals surface area (Å²) in [5.41, 5.74) is 1.95. The fraction of sp³-hybridized carbons (Fsp3) is 0.308. The van der Waals surface area contributed by atoms with Gasteiger partial charge in [-0.2, -0.15) is 0 Å². The van der Waals surface area contributed by atoms with Gasteiger partial charge in [0.05, 0.1) is 6.61 Å². The summed E-state index contributed by atoms with van der Waals surface area (Å²) in [5, 5.41) is 17.3. The third kappa shape index (κ3) is 5.29. The number of carboxylic acid groups (broad SMARTS) is 1. The van der Waals surface area contributed by atoms with Gasteiger partial charge in [0.15, 0.2) is 0 Å². The Labute approximate surface area is 101 Å². The second-order valence-corrected chi connectivity index (χ2v) is 3.88. The van der Waals surface area contributed by atoms with Gasteiger partial charge >= 0.3 is 5.97 Å². The lowest BCUT2D eigenvalue weighted by Crippen LogP contribution is -2.21. The van der Waals surface area contributed by atoms with Gasteiger partial charge in [0.2, 0.25) is 0 Å². The van der Waals surface area contributed by atoms with Crippen LogP contribution in [0.4, 0.5) is 0 Å². The monoisotopic (exact) mass is 235 g/mol. The zero-order chi connectivity index (χ0) is 12.7. The Kier molecular flexibility index (Phi) is 5.39. The molecule has 0 fully saturated rings. The number of aliphatic hydroxyl groups is 1. The number of benzene rings is 1. The summed E-state index contributed by atoms with van der Waals surface area (Å²) < 4.78 is 0. The van der Waals surface area contributed by atoms with Crippen molar-refractivity contribution in [3.05, 3.63) is 41.5 Å². The minimum absolute atomic E-state index is 0.134. The average Bonchev–Trinajstić information content (AvgIpc) is 2.27. The molecule has 0 bridgehead atoms. The second-order valence-electron chi connectivity index (χ2n) is 3.88. The van der Waals surface area contributed by atoms with Crippen molar-refractivity contribution in [3.63, 3.8) is 0 Å². The SMILES string of the molecule is CN(CCO)Cc1cccc(/C=C/C(=O)O)c1. The van der Waals surface area contributed by atoms with E-state index in [4.69, 9.17) is 10.2 Å². The molecule has 0 saturated heterocycles. The maximum atomic E-state index is 10.4. The maximum Gasteiger partial charge on any atom is 0.328 e. The van der Waals surface area contributed by atoms with Crippen LogP contribution in [-0.4, -0.2) is 41.3 Å². The molecule has 4 nitrogen and oxygen atoms in total. The van der Waals surface area contributed by atoms with Crippen LogP contribution >= 0.6 is 0 Å². The molecule has 17 heavy (non-hydrogen) atoms. The molecule has 4 heteroatoms. The van der Waals surface area contributed by atoms with Crippen molar-refractivity contribution in [2.75, 3.05) is 20.2 Å². The largest absolute Gasteiger partial charge is 0.478 e. The quantitative estimate of drug-likeness (QED) is 0.728. The van der Waals surface area contributed by atoms with Crippen LogP contribution in [0.3, 0.4) is 0 Å². The number of rotatable bonds is 6. The first-order valence-electron chi connectivity index (χ1n) is 5.41. The summed E-state index contributed by atoms with van der Waals surface area (Å²) in [6.45, 7) is 1.49. The Morgan fingerprint density at radius 1 is 1.47 bits per heavy atom. The Balaban J connectivity index is 2.68. The highest BCUT2D eigenvalue weighted by Gasteiger charge is 1.99. The van der Waals surface area contributed by atoms with Crippen LogP contribution in [0.25, 0.3) is 6.08 Å². The molecule has 1 aromatic carbocycles. The first-order chi connectivity index (χ1) is 8.11. The molecular weight excluding hydrogens is 218 g/mol. The maximum absolute atomic E-state index is 10.4. The van der Waals surface area contributed by atoms with Crippen LogP contribution in [0.5, 0.6) is 0 Å². The minimum Gasteiger partial charge on any atom is -0.478 e. The van der Waals surface area contributed by atoms with E-state index in [9.17, 15) is 4.79 Å². The van der Waals surface area contributed by atoms with E-state index in [-0.39, 0.29) is 6.61 Å². The van der Waals surface area contributed by atoms with Gasteiger partial charge in [-0.25, -0.2) is 4.79 Å². The predicted molar refractivity (Wildman–Crippen MR) is 66.5 cm³/mol. The molecule has 0 aliphatic heterocycles. The molecule has 0 saturated carbocycles. The predicted octanol–water partition coefficient (Wildman–Crippen LogP) is 1.21. The summed E-state index contributed by atoms with van der Waals surface area (Å²) in [6, 6.07) is 7.66. The van der Waals surface area contributed by atoms with Crippen molar-refractivity contribution >= 4 is 12.0 Å². The highest BCUT2D eigenvalue weighted by Crippen LogP contribution is 2.09. The van der Waals surface area contributed by atoms with Crippen LogP contribution in [0.1, 0.15) is 11.1 Å². The fourth-order valence-corrected chi connectivity index (χ4v) is 1.52. The highest BCUT2D eigenvalue weighted by atomic mass is 16.4. The number of carboxylic acids is 1. The van der Waals surface area contributed by atoms with Crippen molar-refractivity contribution in [3.8, 4) is 0 Å². The summed E-state index contributed by atoms with van der Waals surface area (Å²) >= 11 is 0. The summed E-state index contributed by atoms with van der Waals surface area (Å²) in [7, 11) is 1.93. The van der Waals surface area contributed by atoms with E-state index in [0.29, 0.717) is 6.54 Å². The van der Waals surface area contributed by atoms with Gasteiger partial charge in [-0.15, -0.1) is 0 Å². The smallest absolute Gasteiger partial charge is 0.328 e. The number of aliphatic hydroxyl groups excluding tert-OH is 1. The number of hydrogen-bond donors (Lipinski definition) is 2. The lowest BCUT2D eigenvalue weighted by molar-refractivity contribution is -0.131. The topological polar surface area (TPSA) is 60.8 Å². The summed E-state index contributed by atoms with van der Waals surface area (Å²) in [5.74, 6) is -0.951. The van der Waals surface area contributed by atoms with Crippen LogP contribution in [0.2, 0.25) is 0 Å². The molecule has 0 amide bonds. The molecule has 0 aliphatic rings. The van der Waals surface area contributed by atoms with Gasteiger partial charge in [-0.3, -0.25) is 4.90 Å².